The number of benzene rings is 1. The molecule has 0 fully saturated rings. The standard InChI is InChI=1S/C18H23FN4O2/c1-13(12-25-16-9-5-4-8-15(16)19)21-18(24)20-11-14-7-6-10-17(22-14)23(2)3/h4-10,13H,11-12H2,1-3H3,(H2,20,21,24). The normalized spacial score (nSPS) is 11.5. The molecule has 0 aliphatic heterocycles. The van der Waals surface area contributed by atoms with Gasteiger partial charge in [-0.3, -0.25) is 0 Å². The highest BCUT2D eigenvalue weighted by Crippen LogP contribution is 2.15. The molecule has 0 bridgehead atoms. The van der Waals surface area contributed by atoms with E-state index in [-0.39, 0.29) is 24.4 Å². The largest absolute Gasteiger partial charge is 0.488 e. The van der Waals surface area contributed by atoms with Crippen LogP contribution in [0.4, 0.5) is 15.0 Å². The van der Waals surface area contributed by atoms with Crippen LogP contribution in [0.2, 0.25) is 0 Å². The van der Waals surface area contributed by atoms with E-state index in [2.05, 4.69) is 15.6 Å². The molecule has 2 amide bonds. The molecule has 25 heavy (non-hydrogen) atoms. The number of urea groups is 1. The molecule has 6 nitrogen and oxygen atoms in total. The van der Waals surface area contributed by atoms with Crippen molar-refractivity contribution in [1.29, 1.82) is 0 Å². The smallest absolute Gasteiger partial charge is 0.315 e. The van der Waals surface area contributed by atoms with Gasteiger partial charge in [0.05, 0.1) is 18.3 Å². The molecule has 2 rings (SSSR count). The molecule has 1 heterocycles. The summed E-state index contributed by atoms with van der Waals surface area (Å²) < 4.78 is 18.8. The molecule has 2 aromatic rings. The first kappa shape index (κ1) is 18.5. The Morgan fingerprint density at radius 2 is 2.00 bits per heavy atom. The monoisotopic (exact) mass is 346 g/mol. The molecule has 0 saturated heterocycles. The maximum Gasteiger partial charge on any atom is 0.315 e. The quantitative estimate of drug-likeness (QED) is 0.809. The maximum absolute atomic E-state index is 13.5. The summed E-state index contributed by atoms with van der Waals surface area (Å²) in [5.74, 6) is 0.568. The van der Waals surface area contributed by atoms with Crippen molar-refractivity contribution in [1.82, 2.24) is 15.6 Å². The zero-order valence-corrected chi connectivity index (χ0v) is 14.6. The maximum atomic E-state index is 13.5. The van der Waals surface area contributed by atoms with Gasteiger partial charge >= 0.3 is 6.03 Å². The van der Waals surface area contributed by atoms with Crippen molar-refractivity contribution in [3.63, 3.8) is 0 Å². The van der Waals surface area contributed by atoms with Gasteiger partial charge in [-0.1, -0.05) is 18.2 Å². The molecule has 2 N–H and O–H groups in total. The van der Waals surface area contributed by atoms with Gasteiger partial charge in [0.15, 0.2) is 11.6 Å². The Morgan fingerprint density at radius 3 is 2.72 bits per heavy atom. The molecule has 134 valence electrons. The lowest BCUT2D eigenvalue weighted by molar-refractivity contribution is 0.224. The van der Waals surface area contributed by atoms with Crippen molar-refractivity contribution in [2.75, 3.05) is 25.6 Å². The summed E-state index contributed by atoms with van der Waals surface area (Å²) in [5.41, 5.74) is 0.761. The van der Waals surface area contributed by atoms with Crippen molar-refractivity contribution in [2.24, 2.45) is 0 Å². The fraction of sp³-hybridized carbons (Fsp3) is 0.333. The summed E-state index contributed by atoms with van der Waals surface area (Å²) in [5, 5.41) is 5.49. The van der Waals surface area contributed by atoms with Crippen LogP contribution in [0.1, 0.15) is 12.6 Å². The van der Waals surface area contributed by atoms with Crippen molar-refractivity contribution < 1.29 is 13.9 Å². The lowest BCUT2D eigenvalue weighted by atomic mass is 10.3. The Balaban J connectivity index is 1.76. The molecule has 1 aromatic heterocycles. The van der Waals surface area contributed by atoms with Gasteiger partial charge in [-0.2, -0.15) is 0 Å². The first-order valence-electron chi connectivity index (χ1n) is 8.00. The van der Waals surface area contributed by atoms with E-state index in [9.17, 15) is 9.18 Å². The van der Waals surface area contributed by atoms with Gasteiger partial charge in [0, 0.05) is 14.1 Å². The number of rotatable bonds is 7. The highest BCUT2D eigenvalue weighted by atomic mass is 19.1. The fourth-order valence-corrected chi connectivity index (χ4v) is 2.08. The Morgan fingerprint density at radius 1 is 1.24 bits per heavy atom. The van der Waals surface area contributed by atoms with E-state index in [1.165, 1.54) is 6.07 Å². The number of carbonyl (C=O) groups is 1. The van der Waals surface area contributed by atoms with E-state index >= 15 is 0 Å². The third-order valence-electron chi connectivity index (χ3n) is 3.38. The number of hydrogen-bond donors (Lipinski definition) is 2. The van der Waals surface area contributed by atoms with Crippen molar-refractivity contribution >= 4 is 11.8 Å². The number of pyridine rings is 1. The molecular weight excluding hydrogens is 323 g/mol. The predicted molar refractivity (Wildman–Crippen MR) is 95.3 cm³/mol. The summed E-state index contributed by atoms with van der Waals surface area (Å²) in [4.78, 5) is 18.3. The summed E-state index contributed by atoms with van der Waals surface area (Å²) in [6, 6.07) is 11.2. The summed E-state index contributed by atoms with van der Waals surface area (Å²) in [6.07, 6.45) is 0. The van der Waals surface area contributed by atoms with Gasteiger partial charge in [-0.25, -0.2) is 14.2 Å². The summed E-state index contributed by atoms with van der Waals surface area (Å²) in [6.45, 7) is 2.27. The van der Waals surface area contributed by atoms with Crippen LogP contribution < -0.4 is 20.3 Å². The number of anilines is 1. The molecule has 0 saturated carbocycles. The first-order chi connectivity index (χ1) is 12.0. The average Bonchev–Trinajstić information content (AvgIpc) is 2.59. The third kappa shape index (κ3) is 5.95. The van der Waals surface area contributed by atoms with Crippen LogP contribution in [0.3, 0.4) is 0 Å². The lowest BCUT2D eigenvalue weighted by Crippen LogP contribution is -2.43. The highest BCUT2D eigenvalue weighted by molar-refractivity contribution is 5.74. The van der Waals surface area contributed by atoms with E-state index in [4.69, 9.17) is 4.74 Å². The number of amides is 2. The molecule has 0 spiro atoms. The second kappa shape index (κ2) is 8.86. The number of hydrogen-bond acceptors (Lipinski definition) is 4. The molecule has 0 radical (unpaired) electrons. The van der Waals surface area contributed by atoms with Gasteiger partial charge in [0.2, 0.25) is 0 Å². The SMILES string of the molecule is CC(COc1ccccc1F)NC(=O)NCc1cccc(N(C)C)n1. The molecule has 0 aliphatic carbocycles. The summed E-state index contributed by atoms with van der Waals surface area (Å²) in [7, 11) is 3.81. The number of aromatic nitrogens is 1. The van der Waals surface area contributed by atoms with Gasteiger partial charge in [-0.15, -0.1) is 0 Å². The summed E-state index contributed by atoms with van der Waals surface area (Å²) >= 11 is 0. The number of nitrogens with zero attached hydrogens (tertiary/aromatic N) is 2. The number of carbonyl (C=O) groups excluding carboxylic acids is 1. The number of ether oxygens (including phenoxy) is 1. The third-order valence-corrected chi connectivity index (χ3v) is 3.38. The fourth-order valence-electron chi connectivity index (χ4n) is 2.08. The van der Waals surface area contributed by atoms with Crippen molar-refractivity contribution in [2.45, 2.75) is 19.5 Å². The first-order valence-corrected chi connectivity index (χ1v) is 8.00. The van der Waals surface area contributed by atoms with Crippen LogP contribution in [0.5, 0.6) is 5.75 Å². The minimum Gasteiger partial charge on any atom is -0.488 e. The van der Waals surface area contributed by atoms with E-state index in [0.29, 0.717) is 6.54 Å². The Hall–Kier alpha value is -2.83. The Bertz CT molecular complexity index is 709. The van der Waals surface area contributed by atoms with E-state index < -0.39 is 5.82 Å². The Kier molecular flexibility index (Phi) is 6.56. The van der Waals surface area contributed by atoms with Crippen LogP contribution in [0.25, 0.3) is 0 Å². The van der Waals surface area contributed by atoms with Gasteiger partial charge < -0.3 is 20.3 Å². The van der Waals surface area contributed by atoms with Gasteiger partial charge in [-0.05, 0) is 31.2 Å². The minimum absolute atomic E-state index is 0.168. The molecule has 1 unspecified atom stereocenters. The minimum atomic E-state index is -0.425. The number of halogens is 1. The highest BCUT2D eigenvalue weighted by Gasteiger charge is 2.10. The predicted octanol–water partition coefficient (Wildman–Crippen LogP) is 2.55. The van der Waals surface area contributed by atoms with E-state index in [1.807, 2.05) is 37.2 Å². The Labute approximate surface area is 147 Å². The van der Waals surface area contributed by atoms with Crippen LogP contribution in [0.15, 0.2) is 42.5 Å². The molecule has 7 heteroatoms. The lowest BCUT2D eigenvalue weighted by Gasteiger charge is -2.16. The average molecular weight is 346 g/mol. The zero-order valence-electron chi connectivity index (χ0n) is 14.6. The van der Waals surface area contributed by atoms with E-state index in [0.717, 1.165) is 11.5 Å². The van der Waals surface area contributed by atoms with Crippen molar-refractivity contribution in [3.05, 3.63) is 54.0 Å². The second-order valence-electron chi connectivity index (χ2n) is 5.85. The van der Waals surface area contributed by atoms with Crippen LogP contribution >= 0.6 is 0 Å². The number of para-hydroxylation sites is 1. The van der Waals surface area contributed by atoms with Gasteiger partial charge in [0.25, 0.3) is 0 Å². The van der Waals surface area contributed by atoms with Gasteiger partial charge in [0.1, 0.15) is 12.4 Å². The molecule has 1 atom stereocenters. The molecule has 0 aliphatic rings. The zero-order chi connectivity index (χ0) is 18.2. The van der Waals surface area contributed by atoms with Crippen molar-refractivity contribution in [3.8, 4) is 5.75 Å². The number of nitrogens with one attached hydrogen (secondary N) is 2. The molecular formula is C18H23FN4O2. The topological polar surface area (TPSA) is 66.5 Å². The van der Waals surface area contributed by atoms with Crippen LogP contribution in [0, 0.1) is 5.82 Å². The van der Waals surface area contributed by atoms with Crippen LogP contribution in [-0.4, -0.2) is 37.8 Å². The van der Waals surface area contributed by atoms with Crippen LogP contribution in [-0.2, 0) is 6.54 Å². The second-order valence-corrected chi connectivity index (χ2v) is 5.85. The molecule has 1 aromatic carbocycles. The van der Waals surface area contributed by atoms with E-state index in [1.54, 1.807) is 25.1 Å².